The minimum Gasteiger partial charge on any atom is -0.493 e. The fourth-order valence-electron chi connectivity index (χ4n) is 3.09. The van der Waals surface area contributed by atoms with Crippen LogP contribution in [0.25, 0.3) is 0 Å². The molecular weight excluding hydrogens is 500 g/mol. The molecule has 0 bridgehead atoms. The van der Waals surface area contributed by atoms with E-state index in [1.807, 2.05) is 13.0 Å². The first-order valence-corrected chi connectivity index (χ1v) is 16.3. The van der Waals surface area contributed by atoms with E-state index in [1.54, 1.807) is 6.07 Å². The maximum absolute atomic E-state index is 13.4. The lowest BCUT2D eigenvalue weighted by atomic mass is 10.1. The molecule has 6 nitrogen and oxygen atoms in total. The first kappa shape index (κ1) is 26.6. The van der Waals surface area contributed by atoms with Crippen LogP contribution >= 0.6 is 15.9 Å². The molecule has 2 rings (SSSR count). The van der Waals surface area contributed by atoms with Crippen LogP contribution in [0.5, 0.6) is 11.5 Å². The second-order valence-corrected chi connectivity index (χ2v) is 17.3. The summed E-state index contributed by atoms with van der Waals surface area (Å²) < 4.78 is 50.2. The minimum atomic E-state index is -3.66. The molecule has 31 heavy (non-hydrogen) atoms. The van der Waals surface area contributed by atoms with Gasteiger partial charge in [0.05, 0.1) is 25.6 Å². The van der Waals surface area contributed by atoms with Gasteiger partial charge in [-0.15, -0.1) is 0 Å². The van der Waals surface area contributed by atoms with Gasteiger partial charge in [0.15, 0.2) is 29.7 Å². The molecule has 1 aromatic rings. The van der Waals surface area contributed by atoms with E-state index < -0.39 is 18.2 Å². The zero-order chi connectivity index (χ0) is 23.4. The molecule has 1 saturated heterocycles. The molecule has 9 heteroatoms. The summed E-state index contributed by atoms with van der Waals surface area (Å²) in [5.74, 6) is 0.576. The Kier molecular flexibility index (Phi) is 9.06. The minimum absolute atomic E-state index is 0.0152. The Morgan fingerprint density at radius 1 is 1.19 bits per heavy atom. The summed E-state index contributed by atoms with van der Waals surface area (Å²) in [4.78, 5) is 0.149. The molecule has 0 N–H and O–H groups in total. The molecule has 1 aliphatic rings. The third-order valence-corrected chi connectivity index (χ3v) is 12.9. The maximum atomic E-state index is 13.4. The van der Waals surface area contributed by atoms with E-state index in [0.29, 0.717) is 12.4 Å². The third kappa shape index (κ3) is 6.69. The van der Waals surface area contributed by atoms with Crippen molar-refractivity contribution in [1.29, 1.82) is 0 Å². The van der Waals surface area contributed by atoms with Crippen LogP contribution in [-0.4, -0.2) is 47.8 Å². The summed E-state index contributed by atoms with van der Waals surface area (Å²) in [6.07, 6.45) is 2.25. The van der Waals surface area contributed by atoms with Gasteiger partial charge in [0.1, 0.15) is 9.91 Å². The molecule has 2 atom stereocenters. The lowest BCUT2D eigenvalue weighted by Gasteiger charge is -2.36. The van der Waals surface area contributed by atoms with Crippen LogP contribution in [0.2, 0.25) is 18.1 Å². The number of ether oxygens (including phenoxy) is 3. The molecular formula is C22H37BrO6SSi. The van der Waals surface area contributed by atoms with Crippen molar-refractivity contribution in [3.8, 4) is 11.5 Å². The zero-order valence-electron chi connectivity index (χ0n) is 19.8. The number of benzene rings is 1. The fraction of sp³-hybridized carbons (Fsp3) is 0.727. The summed E-state index contributed by atoms with van der Waals surface area (Å²) in [6.45, 7) is 13.2. The van der Waals surface area contributed by atoms with Crippen LogP contribution in [0.4, 0.5) is 0 Å². The number of hydrogen-bond donors (Lipinski definition) is 0. The van der Waals surface area contributed by atoms with Crippen molar-refractivity contribution in [2.24, 2.45) is 0 Å². The van der Waals surface area contributed by atoms with Gasteiger partial charge in [-0.05, 0) is 55.1 Å². The molecule has 0 radical (unpaired) electrons. The predicted molar refractivity (Wildman–Crippen MR) is 130 cm³/mol. The fourth-order valence-corrected chi connectivity index (χ4v) is 6.09. The molecule has 0 amide bonds. The number of rotatable bonds is 10. The highest BCUT2D eigenvalue weighted by Gasteiger charge is 2.37. The van der Waals surface area contributed by atoms with Crippen LogP contribution in [-0.2, 0) is 19.0 Å². The molecule has 0 saturated carbocycles. The Labute approximate surface area is 197 Å². The van der Waals surface area contributed by atoms with Gasteiger partial charge in [-0.2, -0.15) is 0 Å². The van der Waals surface area contributed by atoms with Gasteiger partial charge >= 0.3 is 0 Å². The van der Waals surface area contributed by atoms with E-state index in [-0.39, 0.29) is 39.2 Å². The Bertz CT molecular complexity index is 850. The summed E-state index contributed by atoms with van der Waals surface area (Å²) in [7, 11) is -4.18. The highest BCUT2D eigenvalue weighted by molar-refractivity contribution is 9.09. The summed E-state index contributed by atoms with van der Waals surface area (Å²) >= 11 is 3.48. The van der Waals surface area contributed by atoms with Crippen LogP contribution < -0.4 is 9.47 Å². The van der Waals surface area contributed by atoms with Gasteiger partial charge in [-0.25, -0.2) is 8.42 Å². The topological polar surface area (TPSA) is 71.1 Å². The Hall–Kier alpha value is -0.613. The average Bonchev–Trinajstić information content (AvgIpc) is 3.10. The maximum Gasteiger partial charge on any atom is 0.192 e. The highest BCUT2D eigenvalue weighted by atomic mass is 79.9. The van der Waals surface area contributed by atoms with Crippen molar-refractivity contribution in [3.05, 3.63) is 17.7 Å². The van der Waals surface area contributed by atoms with Gasteiger partial charge in [-0.1, -0.05) is 43.6 Å². The van der Waals surface area contributed by atoms with E-state index in [2.05, 4.69) is 49.8 Å². The zero-order valence-corrected chi connectivity index (χ0v) is 23.2. The van der Waals surface area contributed by atoms with Gasteiger partial charge in [0.2, 0.25) is 0 Å². The Morgan fingerprint density at radius 3 is 2.39 bits per heavy atom. The number of alkyl halides is 1. The van der Waals surface area contributed by atoms with Crippen LogP contribution in [0.15, 0.2) is 17.0 Å². The van der Waals surface area contributed by atoms with Crippen molar-refractivity contribution < 1.29 is 27.1 Å². The average molecular weight is 538 g/mol. The lowest BCUT2D eigenvalue weighted by Crippen LogP contribution is -2.41. The molecule has 1 aromatic carbocycles. The van der Waals surface area contributed by atoms with Crippen molar-refractivity contribution in [2.45, 2.75) is 81.1 Å². The van der Waals surface area contributed by atoms with Gasteiger partial charge in [-0.3, -0.25) is 0 Å². The summed E-state index contributed by atoms with van der Waals surface area (Å²) in [6, 6.07) is 3.51. The summed E-state index contributed by atoms with van der Waals surface area (Å²) in [5.41, 5.74) is 0.784. The van der Waals surface area contributed by atoms with Gasteiger partial charge in [0, 0.05) is 6.61 Å². The van der Waals surface area contributed by atoms with Crippen molar-refractivity contribution in [1.82, 2.24) is 0 Å². The molecule has 1 heterocycles. The quantitative estimate of drug-likeness (QED) is 0.275. The molecule has 0 aliphatic carbocycles. The number of halogens is 1. The lowest BCUT2D eigenvalue weighted by molar-refractivity contribution is 0.0958. The van der Waals surface area contributed by atoms with E-state index >= 15 is 0 Å². The van der Waals surface area contributed by atoms with E-state index in [4.69, 9.17) is 18.6 Å². The molecule has 0 aromatic heterocycles. The van der Waals surface area contributed by atoms with Crippen LogP contribution in [0.1, 0.15) is 58.6 Å². The Balaban J connectivity index is 2.37. The van der Waals surface area contributed by atoms with E-state index in [1.165, 1.54) is 7.11 Å². The smallest absolute Gasteiger partial charge is 0.192 e. The standard InChI is InChI=1S/C22H37BrO6SSi/c1-8-11-27-21-18(26-5)14-16(17-9-10-20(23)29-17)15-19(21)30(24,25)13-12-28-31(6,7)22(2,3)4/h14-15,17,20H,8-13H2,1-7H3/t17-,20+/m0/s1. The van der Waals surface area contributed by atoms with Crippen molar-refractivity contribution >= 4 is 34.1 Å². The van der Waals surface area contributed by atoms with Gasteiger partial charge in [0.25, 0.3) is 0 Å². The SMILES string of the molecule is CCCOc1c(OC)cc([C@@H]2CC[C@H](Br)O2)cc1S(=O)(=O)CCO[Si](C)(C)C(C)(C)C. The molecule has 1 fully saturated rings. The van der Waals surface area contributed by atoms with Crippen LogP contribution in [0, 0.1) is 0 Å². The largest absolute Gasteiger partial charge is 0.493 e. The molecule has 178 valence electrons. The Morgan fingerprint density at radius 2 is 1.87 bits per heavy atom. The van der Waals surface area contributed by atoms with Gasteiger partial charge < -0.3 is 18.6 Å². The van der Waals surface area contributed by atoms with Crippen molar-refractivity contribution in [3.63, 3.8) is 0 Å². The number of hydrogen-bond acceptors (Lipinski definition) is 6. The first-order valence-electron chi connectivity index (χ1n) is 10.8. The predicted octanol–water partition coefficient (Wildman–Crippen LogP) is 5.85. The number of methoxy groups -OCH3 is 1. The first-order chi connectivity index (χ1) is 14.3. The summed E-state index contributed by atoms with van der Waals surface area (Å²) in [5, 5.41) is -0.0148. The second-order valence-electron chi connectivity index (χ2n) is 9.44. The second kappa shape index (κ2) is 10.5. The van der Waals surface area contributed by atoms with E-state index in [0.717, 1.165) is 24.8 Å². The molecule has 1 aliphatic heterocycles. The number of sulfone groups is 1. The normalized spacial score (nSPS) is 20.1. The monoisotopic (exact) mass is 536 g/mol. The highest BCUT2D eigenvalue weighted by Crippen LogP contribution is 2.43. The third-order valence-electron chi connectivity index (χ3n) is 6.01. The van der Waals surface area contributed by atoms with E-state index in [9.17, 15) is 8.42 Å². The van der Waals surface area contributed by atoms with Crippen molar-refractivity contribution in [2.75, 3.05) is 26.1 Å². The van der Waals surface area contributed by atoms with Crippen LogP contribution in [0.3, 0.4) is 0 Å². The molecule has 0 spiro atoms. The molecule has 0 unspecified atom stereocenters.